The lowest BCUT2D eigenvalue weighted by molar-refractivity contribution is 0.210. The molecular weight excluding hydrogens is 168 g/mol. The molecule has 0 radical (unpaired) electrons. The highest BCUT2D eigenvalue weighted by Gasteiger charge is 2.04. The molecule has 1 amide bonds. The van der Waals surface area contributed by atoms with Crippen molar-refractivity contribution in [2.45, 2.75) is 6.42 Å². The van der Waals surface area contributed by atoms with Crippen molar-refractivity contribution in [3.8, 4) is 5.75 Å². The van der Waals surface area contributed by atoms with Crippen LogP contribution >= 0.6 is 0 Å². The molecule has 0 aromatic carbocycles. The summed E-state index contributed by atoms with van der Waals surface area (Å²) in [6, 6.07) is 3.31. The molecule has 2 N–H and O–H groups in total. The Balaban J connectivity index is 2.90. The maximum atomic E-state index is 10.5. The average Bonchev–Trinajstić information content (AvgIpc) is 2.08. The number of amides is 1. The smallest absolute Gasteiger partial charge is 0.409 e. The van der Waals surface area contributed by atoms with E-state index in [1.807, 2.05) is 0 Å². The van der Waals surface area contributed by atoms with E-state index >= 15 is 0 Å². The van der Waals surface area contributed by atoms with Crippen molar-refractivity contribution in [2.75, 3.05) is 0 Å². The summed E-state index contributed by atoms with van der Waals surface area (Å²) in [4.78, 5) is 14.5. The Morgan fingerprint density at radius 2 is 2.54 bits per heavy atom. The topological polar surface area (TPSA) is 65.2 Å². The van der Waals surface area contributed by atoms with Crippen molar-refractivity contribution in [1.29, 1.82) is 0 Å². The van der Waals surface area contributed by atoms with Crippen LogP contribution in [0.3, 0.4) is 0 Å². The summed E-state index contributed by atoms with van der Waals surface area (Å²) in [6.45, 7) is 3.56. The van der Waals surface area contributed by atoms with E-state index in [-0.39, 0.29) is 0 Å². The van der Waals surface area contributed by atoms with E-state index in [2.05, 4.69) is 11.6 Å². The van der Waals surface area contributed by atoms with E-state index in [0.717, 1.165) is 0 Å². The van der Waals surface area contributed by atoms with Gasteiger partial charge in [-0.3, -0.25) is 4.98 Å². The number of nitrogens with two attached hydrogens (primary N) is 1. The Labute approximate surface area is 76.0 Å². The fourth-order valence-corrected chi connectivity index (χ4v) is 0.915. The predicted octanol–water partition coefficient (Wildman–Crippen LogP) is 1.27. The van der Waals surface area contributed by atoms with Crippen molar-refractivity contribution >= 4 is 6.09 Å². The number of aromatic nitrogens is 1. The summed E-state index contributed by atoms with van der Waals surface area (Å²) in [5, 5.41) is 0. The van der Waals surface area contributed by atoms with Crippen molar-refractivity contribution in [3.05, 3.63) is 36.7 Å². The molecule has 0 bridgehead atoms. The van der Waals surface area contributed by atoms with Crippen molar-refractivity contribution < 1.29 is 9.53 Å². The van der Waals surface area contributed by atoms with Crippen LogP contribution in [0.2, 0.25) is 0 Å². The molecule has 0 saturated heterocycles. The maximum absolute atomic E-state index is 10.5. The Bertz CT molecular complexity index is 323. The van der Waals surface area contributed by atoms with E-state index in [1.165, 1.54) is 0 Å². The SMILES string of the molecule is C=CCc1ncccc1OC(N)=O. The highest BCUT2D eigenvalue weighted by atomic mass is 16.5. The van der Waals surface area contributed by atoms with Crippen LogP contribution in [0, 0.1) is 0 Å². The van der Waals surface area contributed by atoms with Crippen LogP contribution in [-0.2, 0) is 6.42 Å². The fourth-order valence-electron chi connectivity index (χ4n) is 0.915. The Hall–Kier alpha value is -1.84. The van der Waals surface area contributed by atoms with Gasteiger partial charge in [0.15, 0.2) is 5.75 Å². The van der Waals surface area contributed by atoms with Gasteiger partial charge in [-0.15, -0.1) is 6.58 Å². The number of rotatable bonds is 3. The molecule has 4 nitrogen and oxygen atoms in total. The van der Waals surface area contributed by atoms with E-state index in [4.69, 9.17) is 10.5 Å². The number of ether oxygens (including phenoxy) is 1. The number of allylic oxidation sites excluding steroid dienone is 1. The van der Waals surface area contributed by atoms with Crippen molar-refractivity contribution in [3.63, 3.8) is 0 Å². The summed E-state index contributed by atoms with van der Waals surface area (Å²) < 4.78 is 4.73. The van der Waals surface area contributed by atoms with E-state index in [0.29, 0.717) is 17.9 Å². The summed E-state index contributed by atoms with van der Waals surface area (Å²) in [5.74, 6) is 0.384. The molecule has 0 spiro atoms. The molecule has 0 atom stereocenters. The Kier molecular flexibility index (Phi) is 3.03. The Morgan fingerprint density at radius 1 is 1.77 bits per heavy atom. The third kappa shape index (κ3) is 2.59. The first-order chi connectivity index (χ1) is 6.24. The second-order valence-corrected chi connectivity index (χ2v) is 2.36. The van der Waals surface area contributed by atoms with Crippen molar-refractivity contribution in [1.82, 2.24) is 4.98 Å². The minimum absolute atomic E-state index is 0.384. The van der Waals surface area contributed by atoms with Gasteiger partial charge in [-0.1, -0.05) is 6.08 Å². The van der Waals surface area contributed by atoms with Crippen LogP contribution in [0.1, 0.15) is 5.69 Å². The molecule has 1 rings (SSSR count). The number of pyridine rings is 1. The average molecular weight is 178 g/mol. The number of nitrogens with zero attached hydrogens (tertiary/aromatic N) is 1. The highest BCUT2D eigenvalue weighted by molar-refractivity contribution is 5.68. The second-order valence-electron chi connectivity index (χ2n) is 2.36. The molecule has 0 aliphatic carbocycles. The number of primary amides is 1. The molecule has 0 aliphatic heterocycles. The molecule has 1 aromatic rings. The number of hydrogen-bond donors (Lipinski definition) is 1. The van der Waals surface area contributed by atoms with Gasteiger partial charge < -0.3 is 10.5 Å². The van der Waals surface area contributed by atoms with E-state index < -0.39 is 6.09 Å². The summed E-state index contributed by atoms with van der Waals surface area (Å²) >= 11 is 0. The molecule has 4 heteroatoms. The number of carbonyl (C=O) groups is 1. The van der Waals surface area contributed by atoms with Crippen LogP contribution in [0.4, 0.5) is 4.79 Å². The number of hydrogen-bond acceptors (Lipinski definition) is 3. The maximum Gasteiger partial charge on any atom is 0.410 e. The van der Waals surface area contributed by atoms with Gasteiger partial charge >= 0.3 is 6.09 Å². The number of carbonyl (C=O) groups excluding carboxylic acids is 1. The zero-order valence-corrected chi connectivity index (χ0v) is 7.06. The van der Waals surface area contributed by atoms with Gasteiger partial charge in [-0.05, 0) is 12.1 Å². The third-order valence-corrected chi connectivity index (χ3v) is 1.40. The van der Waals surface area contributed by atoms with Crippen LogP contribution in [0.5, 0.6) is 5.75 Å². The highest BCUT2D eigenvalue weighted by Crippen LogP contribution is 2.15. The standard InChI is InChI=1S/C9H10N2O2/c1-2-4-7-8(13-9(10)12)5-3-6-11-7/h2-3,5-6H,1,4H2,(H2,10,12). The second kappa shape index (κ2) is 4.25. The lowest BCUT2D eigenvalue weighted by Crippen LogP contribution is -2.17. The first-order valence-electron chi connectivity index (χ1n) is 3.76. The van der Waals surface area contributed by atoms with Gasteiger partial charge in [-0.2, -0.15) is 0 Å². The monoisotopic (exact) mass is 178 g/mol. The molecular formula is C9H10N2O2. The Morgan fingerprint density at radius 3 is 3.15 bits per heavy atom. The quantitative estimate of drug-likeness (QED) is 0.709. The molecule has 0 saturated carbocycles. The lowest BCUT2D eigenvalue weighted by atomic mass is 10.2. The molecule has 68 valence electrons. The lowest BCUT2D eigenvalue weighted by Gasteiger charge is -2.04. The zero-order chi connectivity index (χ0) is 9.68. The van der Waals surface area contributed by atoms with Gasteiger partial charge in [0.2, 0.25) is 0 Å². The fraction of sp³-hybridized carbons (Fsp3) is 0.111. The predicted molar refractivity (Wildman–Crippen MR) is 48.3 cm³/mol. The van der Waals surface area contributed by atoms with Crippen LogP contribution in [0.15, 0.2) is 31.0 Å². The summed E-state index contributed by atoms with van der Waals surface area (Å²) in [7, 11) is 0. The summed E-state index contributed by atoms with van der Waals surface area (Å²) in [6.07, 6.45) is 3.00. The van der Waals surface area contributed by atoms with Crippen molar-refractivity contribution in [2.24, 2.45) is 5.73 Å². The minimum atomic E-state index is -0.835. The molecule has 1 aromatic heterocycles. The molecule has 1 heterocycles. The van der Waals surface area contributed by atoms with Crippen LogP contribution in [-0.4, -0.2) is 11.1 Å². The molecule has 0 aliphatic rings. The van der Waals surface area contributed by atoms with E-state index in [1.54, 1.807) is 24.4 Å². The van der Waals surface area contributed by atoms with Gasteiger partial charge in [-0.25, -0.2) is 4.79 Å². The van der Waals surface area contributed by atoms with E-state index in [9.17, 15) is 4.79 Å². The first-order valence-corrected chi connectivity index (χ1v) is 3.76. The molecule has 0 unspecified atom stereocenters. The first kappa shape index (κ1) is 9.25. The van der Waals surface area contributed by atoms with Gasteiger partial charge in [0.25, 0.3) is 0 Å². The van der Waals surface area contributed by atoms with Crippen LogP contribution < -0.4 is 10.5 Å². The van der Waals surface area contributed by atoms with Gasteiger partial charge in [0.05, 0.1) is 5.69 Å². The largest absolute Gasteiger partial charge is 0.410 e. The van der Waals surface area contributed by atoms with Crippen LogP contribution in [0.25, 0.3) is 0 Å². The molecule has 0 fully saturated rings. The summed E-state index contributed by atoms with van der Waals surface area (Å²) in [5.41, 5.74) is 5.52. The zero-order valence-electron chi connectivity index (χ0n) is 7.06. The third-order valence-electron chi connectivity index (χ3n) is 1.40. The molecule has 13 heavy (non-hydrogen) atoms. The minimum Gasteiger partial charge on any atom is -0.409 e. The van der Waals surface area contributed by atoms with Gasteiger partial charge in [0.1, 0.15) is 0 Å². The van der Waals surface area contributed by atoms with Gasteiger partial charge in [0, 0.05) is 12.6 Å². The normalized spacial score (nSPS) is 9.23.